The summed E-state index contributed by atoms with van der Waals surface area (Å²) in [5, 5.41) is 7.26. The molecule has 0 atom stereocenters. The molecule has 2 heterocycles. The molecule has 0 bridgehead atoms. The first-order chi connectivity index (χ1) is 12.6. The zero-order chi connectivity index (χ0) is 18.5. The minimum Gasteiger partial charge on any atom is -0.493 e. The molecule has 6 heteroatoms. The number of ether oxygens (including phenoxy) is 2. The lowest BCUT2D eigenvalue weighted by Crippen LogP contribution is -2.41. The number of carbonyl (C=O) groups is 1. The summed E-state index contributed by atoms with van der Waals surface area (Å²) in [6, 6.07) is 7.68. The van der Waals surface area contributed by atoms with Gasteiger partial charge in [0.1, 0.15) is 6.10 Å². The molecule has 0 spiro atoms. The minimum absolute atomic E-state index is 0.117. The molecule has 1 N–H and O–H groups in total. The Labute approximate surface area is 154 Å². The highest BCUT2D eigenvalue weighted by atomic mass is 16.5. The summed E-state index contributed by atoms with van der Waals surface area (Å²) < 4.78 is 11.4. The number of aromatic amines is 1. The average molecular weight is 357 g/mol. The minimum atomic E-state index is 0.117. The summed E-state index contributed by atoms with van der Waals surface area (Å²) in [5.74, 6) is 1.71. The third kappa shape index (κ3) is 4.18. The number of piperidine rings is 1. The molecule has 3 rings (SSSR count). The third-order valence-electron chi connectivity index (χ3n) is 5.09. The molecule has 1 aromatic heterocycles. The van der Waals surface area contributed by atoms with Gasteiger partial charge >= 0.3 is 0 Å². The number of nitrogens with zero attached hydrogens (tertiary/aromatic N) is 2. The number of methoxy groups -OCH3 is 1. The first-order valence-electron chi connectivity index (χ1n) is 9.16. The topological polar surface area (TPSA) is 67.5 Å². The summed E-state index contributed by atoms with van der Waals surface area (Å²) in [5.41, 5.74) is 3.22. The van der Waals surface area contributed by atoms with Crippen molar-refractivity contribution < 1.29 is 14.3 Å². The number of likely N-dealkylation sites (tertiary alicyclic amines) is 1. The first-order valence-corrected chi connectivity index (χ1v) is 9.16. The Morgan fingerprint density at radius 3 is 2.54 bits per heavy atom. The fraction of sp³-hybridized carbons (Fsp3) is 0.500. The quantitative estimate of drug-likeness (QED) is 0.863. The van der Waals surface area contributed by atoms with Crippen LogP contribution in [0.15, 0.2) is 24.3 Å². The summed E-state index contributed by atoms with van der Waals surface area (Å²) in [6.07, 6.45) is 2.98. The molecule has 0 aliphatic carbocycles. The fourth-order valence-electron chi connectivity index (χ4n) is 3.28. The Hall–Kier alpha value is -2.50. The van der Waals surface area contributed by atoms with Gasteiger partial charge < -0.3 is 14.4 Å². The van der Waals surface area contributed by atoms with Crippen LogP contribution in [0.4, 0.5) is 0 Å². The lowest BCUT2D eigenvalue weighted by atomic mass is 10.1. The van der Waals surface area contributed by atoms with Gasteiger partial charge in [0, 0.05) is 44.5 Å². The van der Waals surface area contributed by atoms with Crippen molar-refractivity contribution >= 4 is 5.91 Å². The van der Waals surface area contributed by atoms with E-state index >= 15 is 0 Å². The van der Waals surface area contributed by atoms with Crippen LogP contribution >= 0.6 is 0 Å². The van der Waals surface area contributed by atoms with E-state index in [1.165, 1.54) is 0 Å². The van der Waals surface area contributed by atoms with Crippen molar-refractivity contribution in [3.63, 3.8) is 0 Å². The lowest BCUT2D eigenvalue weighted by Gasteiger charge is -2.32. The molecular formula is C20H27N3O3. The molecule has 1 fully saturated rings. The number of benzene rings is 1. The molecule has 1 saturated heterocycles. The van der Waals surface area contributed by atoms with Gasteiger partial charge in [-0.1, -0.05) is 12.1 Å². The Morgan fingerprint density at radius 2 is 1.92 bits per heavy atom. The lowest BCUT2D eigenvalue weighted by molar-refractivity contribution is -0.132. The van der Waals surface area contributed by atoms with Crippen molar-refractivity contribution in [2.45, 2.75) is 45.6 Å². The van der Waals surface area contributed by atoms with E-state index in [9.17, 15) is 4.79 Å². The smallest absolute Gasteiger partial charge is 0.222 e. The number of aryl methyl sites for hydroxylation is 2. The van der Waals surface area contributed by atoms with E-state index in [1.54, 1.807) is 7.11 Å². The van der Waals surface area contributed by atoms with Crippen LogP contribution < -0.4 is 9.47 Å². The maximum atomic E-state index is 12.5. The van der Waals surface area contributed by atoms with Gasteiger partial charge in [0.25, 0.3) is 0 Å². The predicted octanol–water partition coefficient (Wildman–Crippen LogP) is 3.04. The van der Waals surface area contributed by atoms with Gasteiger partial charge in [0.05, 0.1) is 12.8 Å². The second-order valence-corrected chi connectivity index (χ2v) is 6.77. The van der Waals surface area contributed by atoms with E-state index in [2.05, 4.69) is 10.2 Å². The van der Waals surface area contributed by atoms with Crippen LogP contribution in [0.5, 0.6) is 11.5 Å². The highest BCUT2D eigenvalue weighted by molar-refractivity contribution is 5.76. The van der Waals surface area contributed by atoms with Gasteiger partial charge in [-0.15, -0.1) is 0 Å². The molecule has 1 aromatic carbocycles. The second-order valence-electron chi connectivity index (χ2n) is 6.77. The van der Waals surface area contributed by atoms with Crippen molar-refractivity contribution in [3.8, 4) is 11.5 Å². The number of nitrogens with one attached hydrogen (secondary N) is 1. The Kier molecular flexibility index (Phi) is 5.81. The van der Waals surface area contributed by atoms with E-state index in [0.717, 1.165) is 54.4 Å². The fourth-order valence-corrected chi connectivity index (χ4v) is 3.28. The normalized spacial score (nSPS) is 15.1. The van der Waals surface area contributed by atoms with Crippen LogP contribution in [0.25, 0.3) is 0 Å². The van der Waals surface area contributed by atoms with Gasteiger partial charge in [-0.05, 0) is 31.5 Å². The van der Waals surface area contributed by atoms with Crippen LogP contribution in [-0.2, 0) is 11.2 Å². The second kappa shape index (κ2) is 8.25. The number of amides is 1. The highest BCUT2D eigenvalue weighted by Crippen LogP contribution is 2.29. The number of rotatable bonds is 6. The highest BCUT2D eigenvalue weighted by Gasteiger charge is 2.24. The van der Waals surface area contributed by atoms with Crippen molar-refractivity contribution in [1.29, 1.82) is 0 Å². The van der Waals surface area contributed by atoms with E-state index in [1.807, 2.05) is 43.0 Å². The monoisotopic (exact) mass is 357 g/mol. The Bertz CT molecular complexity index is 749. The van der Waals surface area contributed by atoms with Gasteiger partial charge in [-0.2, -0.15) is 5.10 Å². The number of hydrogen-bond donors (Lipinski definition) is 1. The largest absolute Gasteiger partial charge is 0.493 e. The van der Waals surface area contributed by atoms with Crippen molar-refractivity contribution in [3.05, 3.63) is 41.2 Å². The maximum absolute atomic E-state index is 12.5. The number of aromatic nitrogens is 2. The van der Waals surface area contributed by atoms with Crippen molar-refractivity contribution in [1.82, 2.24) is 15.1 Å². The number of para-hydroxylation sites is 2. The van der Waals surface area contributed by atoms with Gasteiger partial charge in [0.2, 0.25) is 5.91 Å². The van der Waals surface area contributed by atoms with Crippen LogP contribution in [0.1, 0.15) is 36.2 Å². The predicted molar refractivity (Wildman–Crippen MR) is 99.6 cm³/mol. The molecule has 26 heavy (non-hydrogen) atoms. The molecule has 1 amide bonds. The maximum Gasteiger partial charge on any atom is 0.222 e. The van der Waals surface area contributed by atoms with Crippen LogP contribution in [-0.4, -0.2) is 47.3 Å². The molecule has 2 aromatic rings. The van der Waals surface area contributed by atoms with E-state index < -0.39 is 0 Å². The number of carbonyl (C=O) groups excluding carboxylic acids is 1. The molecule has 1 aliphatic rings. The SMILES string of the molecule is COc1ccccc1OC1CCN(C(=O)CCc2n[nH]c(C)c2C)CC1. The molecule has 0 unspecified atom stereocenters. The summed E-state index contributed by atoms with van der Waals surface area (Å²) in [6.45, 7) is 5.51. The van der Waals surface area contributed by atoms with Crippen LogP contribution in [0.2, 0.25) is 0 Å². The zero-order valence-electron chi connectivity index (χ0n) is 15.7. The Morgan fingerprint density at radius 1 is 1.23 bits per heavy atom. The molecule has 1 aliphatic heterocycles. The molecule has 6 nitrogen and oxygen atoms in total. The molecular weight excluding hydrogens is 330 g/mol. The van der Waals surface area contributed by atoms with Crippen molar-refractivity contribution in [2.75, 3.05) is 20.2 Å². The molecule has 0 saturated carbocycles. The molecule has 0 radical (unpaired) electrons. The average Bonchev–Trinajstić information content (AvgIpc) is 2.99. The number of hydrogen-bond acceptors (Lipinski definition) is 4. The zero-order valence-corrected chi connectivity index (χ0v) is 15.7. The van der Waals surface area contributed by atoms with E-state index in [4.69, 9.17) is 9.47 Å². The van der Waals surface area contributed by atoms with E-state index in [0.29, 0.717) is 12.8 Å². The van der Waals surface area contributed by atoms with Gasteiger partial charge in [-0.25, -0.2) is 0 Å². The number of H-pyrrole nitrogens is 1. The Balaban J connectivity index is 1.47. The standard InChI is InChI=1S/C20H27N3O3/c1-14-15(2)21-22-17(14)8-9-20(24)23-12-10-16(11-13-23)26-19-7-5-4-6-18(19)25-3/h4-7,16H,8-13H2,1-3H3,(H,21,22). The summed E-state index contributed by atoms with van der Waals surface area (Å²) in [4.78, 5) is 14.4. The summed E-state index contributed by atoms with van der Waals surface area (Å²) >= 11 is 0. The van der Waals surface area contributed by atoms with Gasteiger partial charge in [0.15, 0.2) is 11.5 Å². The molecule has 140 valence electrons. The van der Waals surface area contributed by atoms with Crippen LogP contribution in [0, 0.1) is 13.8 Å². The summed E-state index contributed by atoms with van der Waals surface area (Å²) in [7, 11) is 1.64. The van der Waals surface area contributed by atoms with Crippen molar-refractivity contribution in [2.24, 2.45) is 0 Å². The van der Waals surface area contributed by atoms with E-state index in [-0.39, 0.29) is 12.0 Å². The van der Waals surface area contributed by atoms with Gasteiger partial charge in [-0.3, -0.25) is 9.89 Å². The first kappa shape index (κ1) is 18.3. The third-order valence-corrected chi connectivity index (χ3v) is 5.09. The van der Waals surface area contributed by atoms with Crippen LogP contribution in [0.3, 0.4) is 0 Å².